The van der Waals surface area contributed by atoms with E-state index in [1.165, 1.54) is 0 Å². The molecule has 5 rings (SSSR count). The molecule has 2 amide bonds. The van der Waals surface area contributed by atoms with Crippen molar-refractivity contribution in [2.45, 2.75) is 56.7 Å². The fourth-order valence-electron chi connectivity index (χ4n) is 5.62. The lowest BCUT2D eigenvalue weighted by Crippen LogP contribution is -2.62. The molecule has 1 spiro atoms. The summed E-state index contributed by atoms with van der Waals surface area (Å²) in [5, 5.41) is 3.14. The van der Waals surface area contributed by atoms with Crippen molar-refractivity contribution < 1.29 is 9.59 Å². The summed E-state index contributed by atoms with van der Waals surface area (Å²) in [7, 11) is 0. The molecule has 33 heavy (non-hydrogen) atoms. The molecule has 3 aromatic rings. The number of hydrogen-bond donors (Lipinski definition) is 1. The SMILES string of the molecule is O=C(NCc1ccccn1)[C@H]1c2ccccc2C(=O)N(Cc2ccccc2)C12CCCCC2. The molecule has 1 aliphatic carbocycles. The molecule has 5 nitrogen and oxygen atoms in total. The second-order valence-electron chi connectivity index (χ2n) is 9.10. The Hall–Kier alpha value is -3.47. The lowest BCUT2D eigenvalue weighted by atomic mass is 9.65. The van der Waals surface area contributed by atoms with E-state index < -0.39 is 11.5 Å². The van der Waals surface area contributed by atoms with Crippen LogP contribution >= 0.6 is 0 Å². The number of aromatic nitrogens is 1. The molecule has 168 valence electrons. The number of amides is 2. The van der Waals surface area contributed by atoms with Gasteiger partial charge in [-0.2, -0.15) is 0 Å². The van der Waals surface area contributed by atoms with Gasteiger partial charge in [-0.05, 0) is 42.2 Å². The molecule has 2 aliphatic rings. The van der Waals surface area contributed by atoms with Crippen LogP contribution in [0.4, 0.5) is 0 Å². The highest BCUT2D eigenvalue weighted by molar-refractivity contribution is 6.02. The maximum absolute atomic E-state index is 13.8. The van der Waals surface area contributed by atoms with E-state index in [0.29, 0.717) is 18.7 Å². The second-order valence-corrected chi connectivity index (χ2v) is 9.10. The monoisotopic (exact) mass is 439 g/mol. The highest BCUT2D eigenvalue weighted by Gasteiger charge is 2.54. The van der Waals surface area contributed by atoms with Crippen molar-refractivity contribution in [1.29, 1.82) is 0 Å². The van der Waals surface area contributed by atoms with Crippen molar-refractivity contribution in [1.82, 2.24) is 15.2 Å². The van der Waals surface area contributed by atoms with Crippen LogP contribution in [0.25, 0.3) is 0 Å². The number of carbonyl (C=O) groups is 2. The first-order valence-electron chi connectivity index (χ1n) is 11.8. The van der Waals surface area contributed by atoms with Crippen molar-refractivity contribution in [2.24, 2.45) is 0 Å². The van der Waals surface area contributed by atoms with E-state index in [9.17, 15) is 9.59 Å². The molecule has 2 heterocycles. The smallest absolute Gasteiger partial charge is 0.254 e. The van der Waals surface area contributed by atoms with Gasteiger partial charge in [-0.15, -0.1) is 0 Å². The lowest BCUT2D eigenvalue weighted by Gasteiger charge is -2.53. The van der Waals surface area contributed by atoms with Gasteiger partial charge in [-0.25, -0.2) is 0 Å². The number of hydrogen-bond acceptors (Lipinski definition) is 3. The average molecular weight is 440 g/mol. The first-order valence-corrected chi connectivity index (χ1v) is 11.8. The molecule has 1 N–H and O–H groups in total. The summed E-state index contributed by atoms with van der Waals surface area (Å²) in [5.41, 5.74) is 2.89. The van der Waals surface area contributed by atoms with Crippen molar-refractivity contribution in [2.75, 3.05) is 0 Å². The summed E-state index contributed by atoms with van der Waals surface area (Å²) >= 11 is 0. The molecule has 0 bridgehead atoms. The van der Waals surface area contributed by atoms with Gasteiger partial charge >= 0.3 is 0 Å². The first kappa shape index (κ1) is 21.4. The van der Waals surface area contributed by atoms with Gasteiger partial charge in [0.05, 0.1) is 23.7 Å². The Bertz CT molecular complexity index is 1120. The highest BCUT2D eigenvalue weighted by Crippen LogP contribution is 2.49. The summed E-state index contributed by atoms with van der Waals surface area (Å²) in [5.74, 6) is -0.398. The number of carbonyl (C=O) groups excluding carboxylic acids is 2. The Morgan fingerprint density at radius 1 is 0.939 bits per heavy atom. The van der Waals surface area contributed by atoms with Crippen molar-refractivity contribution >= 4 is 11.8 Å². The normalized spacial score (nSPS) is 19.2. The molecule has 1 aliphatic heterocycles. The molecule has 1 saturated carbocycles. The first-order chi connectivity index (χ1) is 16.2. The average Bonchev–Trinajstić information content (AvgIpc) is 2.87. The van der Waals surface area contributed by atoms with Crippen molar-refractivity contribution in [3.63, 3.8) is 0 Å². The van der Waals surface area contributed by atoms with Gasteiger partial charge in [-0.3, -0.25) is 14.6 Å². The predicted molar refractivity (Wildman–Crippen MR) is 127 cm³/mol. The fraction of sp³-hybridized carbons (Fsp3) is 0.321. The van der Waals surface area contributed by atoms with Gasteiger partial charge in [0.2, 0.25) is 5.91 Å². The molecule has 1 fully saturated rings. The third kappa shape index (κ3) is 4.04. The minimum absolute atomic E-state index is 0.0273. The van der Waals surface area contributed by atoms with Gasteiger partial charge in [0.15, 0.2) is 0 Å². The summed E-state index contributed by atoms with van der Waals surface area (Å²) in [4.78, 5) is 34.0. The van der Waals surface area contributed by atoms with Crippen LogP contribution in [0.1, 0.15) is 65.2 Å². The Labute approximate surface area is 194 Å². The maximum Gasteiger partial charge on any atom is 0.254 e. The fourth-order valence-corrected chi connectivity index (χ4v) is 5.62. The zero-order valence-corrected chi connectivity index (χ0v) is 18.7. The van der Waals surface area contributed by atoms with Gasteiger partial charge in [-0.1, -0.05) is 73.9 Å². The molecule has 5 heteroatoms. The van der Waals surface area contributed by atoms with Crippen LogP contribution in [-0.2, 0) is 17.9 Å². The number of nitrogens with zero attached hydrogens (tertiary/aromatic N) is 2. The maximum atomic E-state index is 13.8. The van der Waals surface area contributed by atoms with E-state index in [1.807, 2.05) is 65.6 Å². The molecule has 0 radical (unpaired) electrons. The molecule has 1 aromatic heterocycles. The zero-order chi connectivity index (χ0) is 22.7. The standard InChI is InChI=1S/C28H29N3O2/c32-26(30-19-22-13-7-10-18-29-22)25-23-14-5-6-15-24(23)27(33)31(20-21-11-3-1-4-12-21)28(25)16-8-2-9-17-28/h1,3-7,10-15,18,25H,2,8-9,16-17,19-20H2,(H,30,32)/t25-/m1/s1. The lowest BCUT2D eigenvalue weighted by molar-refractivity contribution is -0.127. The van der Waals surface area contributed by atoms with Gasteiger partial charge in [0, 0.05) is 18.3 Å². The minimum atomic E-state index is -0.520. The van der Waals surface area contributed by atoms with Crippen molar-refractivity contribution in [3.8, 4) is 0 Å². The van der Waals surface area contributed by atoms with Crippen LogP contribution in [0.15, 0.2) is 79.0 Å². The molecule has 2 aromatic carbocycles. The number of rotatable bonds is 5. The van der Waals surface area contributed by atoms with Crippen LogP contribution in [0, 0.1) is 0 Å². The van der Waals surface area contributed by atoms with E-state index >= 15 is 0 Å². The van der Waals surface area contributed by atoms with E-state index in [0.717, 1.165) is 48.9 Å². The summed E-state index contributed by atoms with van der Waals surface area (Å²) < 4.78 is 0. The Morgan fingerprint density at radius 3 is 2.42 bits per heavy atom. The summed E-state index contributed by atoms with van der Waals surface area (Å²) in [6.07, 6.45) is 6.58. The molecule has 0 unspecified atom stereocenters. The number of pyridine rings is 1. The van der Waals surface area contributed by atoms with Crippen molar-refractivity contribution in [3.05, 3.63) is 101 Å². The molecule has 1 atom stereocenters. The zero-order valence-electron chi connectivity index (χ0n) is 18.7. The molecule has 0 saturated heterocycles. The van der Waals surface area contributed by atoms with Gasteiger partial charge in [0.1, 0.15) is 0 Å². The number of nitrogens with one attached hydrogen (secondary N) is 1. The molecular formula is C28H29N3O2. The Morgan fingerprint density at radius 2 is 1.67 bits per heavy atom. The topological polar surface area (TPSA) is 62.3 Å². The largest absolute Gasteiger partial charge is 0.350 e. The van der Waals surface area contributed by atoms with Crippen LogP contribution in [-0.4, -0.2) is 27.2 Å². The Balaban J connectivity index is 1.56. The highest BCUT2D eigenvalue weighted by atomic mass is 16.2. The van der Waals surface area contributed by atoms with Crippen LogP contribution in [0.5, 0.6) is 0 Å². The molecular weight excluding hydrogens is 410 g/mol. The predicted octanol–water partition coefficient (Wildman–Crippen LogP) is 4.84. The summed E-state index contributed by atoms with van der Waals surface area (Å²) in [6, 6.07) is 23.5. The van der Waals surface area contributed by atoms with E-state index in [1.54, 1.807) is 6.20 Å². The second kappa shape index (κ2) is 9.18. The third-order valence-corrected chi connectivity index (χ3v) is 7.16. The van der Waals surface area contributed by atoms with Crippen LogP contribution < -0.4 is 5.32 Å². The van der Waals surface area contributed by atoms with E-state index in [4.69, 9.17) is 0 Å². The van der Waals surface area contributed by atoms with E-state index in [2.05, 4.69) is 22.4 Å². The summed E-state index contributed by atoms with van der Waals surface area (Å²) in [6.45, 7) is 0.888. The Kier molecular flexibility index (Phi) is 5.95. The number of benzene rings is 2. The van der Waals surface area contributed by atoms with Crippen LogP contribution in [0.3, 0.4) is 0 Å². The minimum Gasteiger partial charge on any atom is -0.350 e. The van der Waals surface area contributed by atoms with E-state index in [-0.39, 0.29) is 11.8 Å². The third-order valence-electron chi connectivity index (χ3n) is 7.16. The quantitative estimate of drug-likeness (QED) is 0.619. The van der Waals surface area contributed by atoms with Gasteiger partial charge < -0.3 is 10.2 Å². The van der Waals surface area contributed by atoms with Gasteiger partial charge in [0.25, 0.3) is 5.91 Å². The number of fused-ring (bicyclic) bond motifs is 1. The van der Waals surface area contributed by atoms with Crippen LogP contribution in [0.2, 0.25) is 0 Å².